The summed E-state index contributed by atoms with van der Waals surface area (Å²) in [7, 11) is 1.96. The molecule has 122 valence electrons. The molecule has 0 amide bonds. The van der Waals surface area contributed by atoms with E-state index in [0.29, 0.717) is 0 Å². The van der Waals surface area contributed by atoms with E-state index in [1.54, 1.807) is 22.7 Å². The molecule has 4 rings (SSSR count). The minimum atomic E-state index is -0.00605. The van der Waals surface area contributed by atoms with E-state index in [9.17, 15) is 0 Å². The largest absolute Gasteiger partial charge is 0.352 e. The summed E-state index contributed by atoms with van der Waals surface area (Å²) in [5.41, 5.74) is 3.34. The average Bonchev–Trinajstić information content (AvgIpc) is 3.24. The van der Waals surface area contributed by atoms with Crippen molar-refractivity contribution in [1.29, 1.82) is 0 Å². The van der Waals surface area contributed by atoms with Gasteiger partial charge in [-0.05, 0) is 54.6 Å². The number of hydrogen-bond acceptors (Lipinski definition) is 6. The van der Waals surface area contributed by atoms with Crippen LogP contribution in [0.2, 0.25) is 0 Å². The Bertz CT molecular complexity index is 867. The van der Waals surface area contributed by atoms with Gasteiger partial charge in [-0.2, -0.15) is 0 Å². The summed E-state index contributed by atoms with van der Waals surface area (Å²) in [4.78, 5) is 12.2. The molecule has 0 aromatic carbocycles. The third kappa shape index (κ3) is 2.66. The third-order valence-electron chi connectivity index (χ3n) is 4.17. The maximum Gasteiger partial charge on any atom is 0.136 e. The molecule has 0 radical (unpaired) electrons. The number of anilines is 1. The lowest BCUT2D eigenvalue weighted by Gasteiger charge is -2.23. The first-order chi connectivity index (χ1) is 11.8. The summed E-state index contributed by atoms with van der Waals surface area (Å²) < 4.78 is 0. The Hall–Kier alpha value is -2.02. The van der Waals surface area contributed by atoms with E-state index >= 15 is 0 Å². The third-order valence-corrected chi connectivity index (χ3v) is 6.14. The van der Waals surface area contributed by atoms with E-state index < -0.39 is 0 Å². The molecule has 24 heavy (non-hydrogen) atoms. The molecular weight excluding hydrogens is 336 g/mol. The van der Waals surface area contributed by atoms with E-state index in [2.05, 4.69) is 57.6 Å². The van der Waals surface area contributed by atoms with Gasteiger partial charge in [-0.25, -0.2) is 4.98 Å². The van der Waals surface area contributed by atoms with Gasteiger partial charge in [0.1, 0.15) is 18.0 Å². The van der Waals surface area contributed by atoms with E-state index in [1.807, 2.05) is 19.3 Å². The van der Waals surface area contributed by atoms with Gasteiger partial charge in [-0.1, -0.05) is 6.07 Å². The molecule has 0 aliphatic carbocycles. The number of hydrogen-bond donors (Lipinski definition) is 2. The van der Waals surface area contributed by atoms with Crippen LogP contribution in [0.4, 0.5) is 5.82 Å². The number of thiophene rings is 2. The van der Waals surface area contributed by atoms with Gasteiger partial charge < -0.3 is 5.32 Å². The van der Waals surface area contributed by atoms with Crippen LogP contribution < -0.4 is 10.6 Å². The van der Waals surface area contributed by atoms with Crippen LogP contribution in [-0.4, -0.2) is 23.9 Å². The molecule has 2 N–H and O–H groups in total. The molecule has 1 aliphatic rings. The summed E-state index contributed by atoms with van der Waals surface area (Å²) in [6.45, 7) is 2.15. The fraction of sp³-hybridized carbons (Fsp3) is 0.222. The standard InChI is InChI=1S/C18H18N4S2/c1-11-7-10-24-16(11)15-18(19-2)22-17-12(5-3-8-20-17)14(21-15)13-6-4-9-23-13/h3-10,15,18-19H,1-2H3,(H,20,22). The van der Waals surface area contributed by atoms with Gasteiger partial charge in [-0.15, -0.1) is 22.7 Å². The number of aromatic nitrogens is 1. The highest BCUT2D eigenvalue weighted by Crippen LogP contribution is 2.35. The van der Waals surface area contributed by atoms with E-state index in [4.69, 9.17) is 4.99 Å². The van der Waals surface area contributed by atoms with Crippen molar-refractivity contribution in [3.63, 3.8) is 0 Å². The summed E-state index contributed by atoms with van der Waals surface area (Å²) >= 11 is 3.47. The number of rotatable bonds is 3. The molecule has 6 heteroatoms. The number of aliphatic imine (C=N–C) groups is 1. The van der Waals surface area contributed by atoms with Gasteiger partial charge in [-0.3, -0.25) is 10.3 Å². The van der Waals surface area contributed by atoms with Crippen LogP contribution in [0.15, 0.2) is 52.3 Å². The van der Waals surface area contributed by atoms with Gasteiger partial charge in [0.2, 0.25) is 0 Å². The maximum atomic E-state index is 5.19. The van der Waals surface area contributed by atoms with Crippen molar-refractivity contribution in [3.8, 4) is 0 Å². The van der Waals surface area contributed by atoms with Crippen molar-refractivity contribution in [1.82, 2.24) is 10.3 Å². The molecule has 2 unspecified atom stereocenters. The van der Waals surface area contributed by atoms with Gasteiger partial charge in [0.25, 0.3) is 0 Å². The average molecular weight is 355 g/mol. The second-order valence-electron chi connectivity index (χ2n) is 5.68. The number of likely N-dealkylation sites (N-methyl/N-ethyl adjacent to an activating group) is 1. The molecule has 2 atom stereocenters. The molecule has 0 saturated carbocycles. The van der Waals surface area contributed by atoms with Crippen molar-refractivity contribution < 1.29 is 0 Å². The van der Waals surface area contributed by atoms with Crippen LogP contribution in [0, 0.1) is 6.92 Å². The summed E-state index contributed by atoms with van der Waals surface area (Å²) in [6.07, 6.45) is 1.81. The zero-order valence-corrected chi connectivity index (χ0v) is 15.1. The van der Waals surface area contributed by atoms with Crippen LogP contribution >= 0.6 is 22.7 Å². The SMILES string of the molecule is CNC1Nc2ncccc2C(c2cccs2)=NC1c1sccc1C. The Labute approximate surface area is 149 Å². The number of fused-ring (bicyclic) bond motifs is 1. The lowest BCUT2D eigenvalue weighted by Crippen LogP contribution is -2.38. The first-order valence-electron chi connectivity index (χ1n) is 7.83. The number of nitrogens with zero attached hydrogens (tertiary/aromatic N) is 2. The van der Waals surface area contributed by atoms with Gasteiger partial charge >= 0.3 is 0 Å². The summed E-state index contributed by atoms with van der Waals surface area (Å²) in [5, 5.41) is 11.1. The van der Waals surface area contributed by atoms with Crippen molar-refractivity contribution in [2.24, 2.45) is 4.99 Å². The topological polar surface area (TPSA) is 49.3 Å². The maximum absolute atomic E-state index is 5.19. The molecule has 3 aromatic heterocycles. The molecule has 0 fully saturated rings. The van der Waals surface area contributed by atoms with Crippen LogP contribution in [0.1, 0.15) is 26.9 Å². The van der Waals surface area contributed by atoms with Crippen LogP contribution in [-0.2, 0) is 0 Å². The van der Waals surface area contributed by atoms with Crippen molar-refractivity contribution in [2.75, 3.05) is 12.4 Å². The van der Waals surface area contributed by atoms with E-state index in [0.717, 1.165) is 17.1 Å². The number of aryl methyl sites for hydroxylation is 1. The van der Waals surface area contributed by atoms with Crippen LogP contribution in [0.25, 0.3) is 0 Å². The second kappa shape index (κ2) is 6.47. The Morgan fingerprint density at radius 2 is 2.04 bits per heavy atom. The van der Waals surface area contributed by atoms with E-state index in [-0.39, 0.29) is 12.2 Å². The molecule has 0 saturated heterocycles. The zero-order valence-electron chi connectivity index (χ0n) is 13.5. The highest BCUT2D eigenvalue weighted by Gasteiger charge is 2.30. The number of pyridine rings is 1. The van der Waals surface area contributed by atoms with E-state index in [1.165, 1.54) is 15.3 Å². The van der Waals surface area contributed by atoms with Crippen LogP contribution in [0.5, 0.6) is 0 Å². The van der Waals surface area contributed by atoms with Gasteiger partial charge in [0.15, 0.2) is 0 Å². The first kappa shape index (κ1) is 15.5. The molecule has 0 bridgehead atoms. The summed E-state index contributed by atoms with van der Waals surface area (Å²) in [5.74, 6) is 0.876. The molecule has 0 spiro atoms. The minimum absolute atomic E-state index is 0.00120. The molecule has 4 heterocycles. The Kier molecular flexibility index (Phi) is 4.18. The smallest absolute Gasteiger partial charge is 0.136 e. The lowest BCUT2D eigenvalue weighted by molar-refractivity contribution is 0.527. The minimum Gasteiger partial charge on any atom is -0.352 e. The predicted molar refractivity (Wildman–Crippen MR) is 102 cm³/mol. The van der Waals surface area contributed by atoms with Crippen molar-refractivity contribution in [3.05, 3.63) is 68.2 Å². The number of nitrogens with one attached hydrogen (secondary N) is 2. The highest BCUT2D eigenvalue weighted by molar-refractivity contribution is 7.12. The monoisotopic (exact) mass is 354 g/mol. The normalized spacial score (nSPS) is 20.0. The highest BCUT2D eigenvalue weighted by atomic mass is 32.1. The first-order valence-corrected chi connectivity index (χ1v) is 9.58. The predicted octanol–water partition coefficient (Wildman–Crippen LogP) is 4.06. The van der Waals surface area contributed by atoms with Gasteiger partial charge in [0, 0.05) is 16.6 Å². The lowest BCUT2D eigenvalue weighted by atomic mass is 10.1. The molecular formula is C18H18N4S2. The molecule has 4 nitrogen and oxygen atoms in total. The Balaban J connectivity index is 1.92. The van der Waals surface area contributed by atoms with Crippen molar-refractivity contribution in [2.45, 2.75) is 19.1 Å². The fourth-order valence-electron chi connectivity index (χ4n) is 2.96. The molecule has 3 aromatic rings. The van der Waals surface area contributed by atoms with Crippen LogP contribution in [0.3, 0.4) is 0 Å². The van der Waals surface area contributed by atoms with Gasteiger partial charge in [0.05, 0.1) is 10.6 Å². The van der Waals surface area contributed by atoms with Crippen molar-refractivity contribution >= 4 is 34.2 Å². The molecule has 1 aliphatic heterocycles. The zero-order chi connectivity index (χ0) is 16.5. The Morgan fingerprint density at radius 1 is 1.12 bits per heavy atom. The summed E-state index contributed by atoms with van der Waals surface area (Å²) in [6, 6.07) is 10.4. The Morgan fingerprint density at radius 3 is 2.75 bits per heavy atom. The fourth-order valence-corrected chi connectivity index (χ4v) is 4.69. The quantitative estimate of drug-likeness (QED) is 0.746. The second-order valence-corrected chi connectivity index (χ2v) is 7.57.